The van der Waals surface area contributed by atoms with Crippen LogP contribution in [0.4, 0.5) is 5.95 Å². The van der Waals surface area contributed by atoms with E-state index < -0.39 is 0 Å². The number of aromatic nitrogens is 3. The van der Waals surface area contributed by atoms with Crippen LogP contribution in [-0.2, 0) is 7.05 Å². The second-order valence-corrected chi connectivity index (χ2v) is 7.45. The van der Waals surface area contributed by atoms with Crippen LogP contribution in [0.5, 0.6) is 0 Å². The fraction of sp³-hybridized carbons (Fsp3) is 0.143. The van der Waals surface area contributed by atoms with Gasteiger partial charge < -0.3 is 9.13 Å². The van der Waals surface area contributed by atoms with E-state index in [1.165, 1.54) is 0 Å². The molecule has 2 aromatic carbocycles. The maximum atomic E-state index is 6.40. The third kappa shape index (κ3) is 3.28. The number of hydrazone groups is 1. The highest BCUT2D eigenvalue weighted by molar-refractivity contribution is 6.35. The first-order valence-electron chi connectivity index (χ1n) is 8.80. The largest absolute Gasteiger partial charge is 0.316 e. The number of para-hydroxylation sites is 2. The van der Waals surface area contributed by atoms with E-state index in [2.05, 4.69) is 26.1 Å². The Morgan fingerprint density at radius 3 is 2.61 bits per heavy atom. The number of anilines is 1. The molecule has 142 valence electrons. The normalized spacial score (nSPS) is 11.6. The van der Waals surface area contributed by atoms with Gasteiger partial charge >= 0.3 is 0 Å². The van der Waals surface area contributed by atoms with Gasteiger partial charge in [-0.15, -0.1) is 0 Å². The van der Waals surface area contributed by atoms with E-state index in [1.807, 2.05) is 61.9 Å². The molecule has 0 saturated heterocycles. The fourth-order valence-corrected chi connectivity index (χ4v) is 3.85. The Morgan fingerprint density at radius 2 is 1.86 bits per heavy atom. The molecule has 0 spiro atoms. The molecular formula is C21H19Cl2N5. The molecule has 4 rings (SSSR count). The molecule has 0 bridgehead atoms. The van der Waals surface area contributed by atoms with E-state index >= 15 is 0 Å². The molecule has 1 N–H and O–H groups in total. The summed E-state index contributed by atoms with van der Waals surface area (Å²) in [6, 6.07) is 15.5. The van der Waals surface area contributed by atoms with Crippen LogP contribution in [0.15, 0.2) is 53.6 Å². The molecule has 2 heterocycles. The van der Waals surface area contributed by atoms with Gasteiger partial charge in [0.2, 0.25) is 5.95 Å². The predicted molar refractivity (Wildman–Crippen MR) is 117 cm³/mol. The molecule has 0 unspecified atom stereocenters. The van der Waals surface area contributed by atoms with Crippen molar-refractivity contribution in [2.45, 2.75) is 13.8 Å². The van der Waals surface area contributed by atoms with Crippen LogP contribution in [0.3, 0.4) is 0 Å². The van der Waals surface area contributed by atoms with Crippen LogP contribution in [0.1, 0.15) is 17.0 Å². The van der Waals surface area contributed by atoms with Crippen LogP contribution in [0, 0.1) is 13.8 Å². The second-order valence-electron chi connectivity index (χ2n) is 6.61. The Kier molecular flexibility index (Phi) is 4.87. The van der Waals surface area contributed by atoms with Crippen LogP contribution in [-0.4, -0.2) is 20.3 Å². The summed E-state index contributed by atoms with van der Waals surface area (Å²) in [4.78, 5) is 4.56. The first-order chi connectivity index (χ1) is 13.5. The van der Waals surface area contributed by atoms with Crippen molar-refractivity contribution in [3.8, 4) is 5.69 Å². The lowest BCUT2D eigenvalue weighted by molar-refractivity contribution is 0.943. The van der Waals surface area contributed by atoms with Crippen LogP contribution in [0.25, 0.3) is 16.7 Å². The van der Waals surface area contributed by atoms with E-state index in [0.29, 0.717) is 16.0 Å². The number of fused-ring (bicyclic) bond motifs is 1. The molecule has 5 nitrogen and oxygen atoms in total. The molecule has 28 heavy (non-hydrogen) atoms. The number of benzene rings is 2. The molecule has 0 aliphatic heterocycles. The number of nitrogens with zero attached hydrogens (tertiary/aromatic N) is 4. The predicted octanol–water partition coefficient (Wildman–Crippen LogP) is 5.73. The zero-order valence-corrected chi connectivity index (χ0v) is 17.3. The van der Waals surface area contributed by atoms with Crippen molar-refractivity contribution in [2.24, 2.45) is 12.1 Å². The summed E-state index contributed by atoms with van der Waals surface area (Å²) in [5, 5.41) is 5.61. The van der Waals surface area contributed by atoms with Gasteiger partial charge in [-0.05, 0) is 50.2 Å². The first-order valence-corrected chi connectivity index (χ1v) is 9.56. The maximum absolute atomic E-state index is 6.40. The summed E-state index contributed by atoms with van der Waals surface area (Å²) in [5.41, 5.74) is 9.00. The van der Waals surface area contributed by atoms with Gasteiger partial charge in [0.15, 0.2) is 0 Å². The minimum Gasteiger partial charge on any atom is -0.316 e. The molecule has 0 atom stereocenters. The minimum absolute atomic E-state index is 0.607. The first kappa shape index (κ1) is 18.6. The highest BCUT2D eigenvalue weighted by Gasteiger charge is 2.12. The van der Waals surface area contributed by atoms with Gasteiger partial charge in [-0.2, -0.15) is 5.10 Å². The zero-order chi connectivity index (χ0) is 19.8. The van der Waals surface area contributed by atoms with Crippen molar-refractivity contribution in [1.29, 1.82) is 0 Å². The van der Waals surface area contributed by atoms with Gasteiger partial charge in [-0.3, -0.25) is 0 Å². The number of nitrogens with one attached hydrogen (secondary N) is 1. The maximum Gasteiger partial charge on any atom is 0.224 e. The quantitative estimate of drug-likeness (QED) is 0.344. The van der Waals surface area contributed by atoms with Crippen molar-refractivity contribution >= 4 is 46.4 Å². The molecule has 0 aliphatic carbocycles. The van der Waals surface area contributed by atoms with Gasteiger partial charge in [0, 0.05) is 29.0 Å². The summed E-state index contributed by atoms with van der Waals surface area (Å²) >= 11 is 12.4. The Labute approximate surface area is 173 Å². The minimum atomic E-state index is 0.607. The summed E-state index contributed by atoms with van der Waals surface area (Å²) in [6.45, 7) is 4.07. The van der Waals surface area contributed by atoms with E-state index in [4.69, 9.17) is 23.2 Å². The van der Waals surface area contributed by atoms with Gasteiger partial charge in [0.05, 0.1) is 28.0 Å². The fourth-order valence-electron chi connectivity index (χ4n) is 3.36. The van der Waals surface area contributed by atoms with E-state index in [-0.39, 0.29) is 0 Å². The van der Waals surface area contributed by atoms with E-state index in [1.54, 1.807) is 12.3 Å². The monoisotopic (exact) mass is 411 g/mol. The number of hydrogen-bond donors (Lipinski definition) is 1. The Morgan fingerprint density at radius 1 is 1.07 bits per heavy atom. The summed E-state index contributed by atoms with van der Waals surface area (Å²) in [5.74, 6) is 0.687. The highest BCUT2D eigenvalue weighted by Crippen LogP contribution is 2.28. The van der Waals surface area contributed by atoms with Crippen LogP contribution in [0.2, 0.25) is 10.0 Å². The lowest BCUT2D eigenvalue weighted by atomic mass is 10.2. The highest BCUT2D eigenvalue weighted by atomic mass is 35.5. The average molecular weight is 412 g/mol. The smallest absolute Gasteiger partial charge is 0.224 e. The molecule has 4 aromatic rings. The summed E-state index contributed by atoms with van der Waals surface area (Å²) in [7, 11) is 1.96. The van der Waals surface area contributed by atoms with E-state index in [9.17, 15) is 0 Å². The van der Waals surface area contributed by atoms with Crippen LogP contribution < -0.4 is 5.43 Å². The molecule has 0 fully saturated rings. The SMILES string of the molecule is Cc1cc(/C=N\Nc2nc3ccccc3n2C)c(C)n1-c1ccc(Cl)cc1Cl. The van der Waals surface area contributed by atoms with Gasteiger partial charge in [0.25, 0.3) is 0 Å². The topological polar surface area (TPSA) is 47.1 Å². The molecular weight excluding hydrogens is 393 g/mol. The number of rotatable bonds is 4. The molecule has 7 heteroatoms. The van der Waals surface area contributed by atoms with Gasteiger partial charge in [0.1, 0.15) is 0 Å². The van der Waals surface area contributed by atoms with Crippen molar-refractivity contribution in [3.05, 3.63) is 75.5 Å². The van der Waals surface area contributed by atoms with Crippen molar-refractivity contribution < 1.29 is 0 Å². The number of hydrogen-bond acceptors (Lipinski definition) is 3. The lowest BCUT2D eigenvalue weighted by Crippen LogP contribution is -2.01. The number of imidazole rings is 1. The third-order valence-corrected chi connectivity index (χ3v) is 5.31. The second kappa shape index (κ2) is 7.34. The molecule has 0 saturated carbocycles. The number of halogens is 2. The van der Waals surface area contributed by atoms with Crippen molar-refractivity contribution in [3.63, 3.8) is 0 Å². The number of aryl methyl sites for hydroxylation is 2. The molecule has 2 aromatic heterocycles. The van der Waals surface area contributed by atoms with Crippen molar-refractivity contribution in [1.82, 2.24) is 14.1 Å². The Hall–Kier alpha value is -2.76. The molecule has 0 aliphatic rings. The Balaban J connectivity index is 1.62. The molecule has 0 radical (unpaired) electrons. The molecule has 0 amide bonds. The summed E-state index contributed by atoms with van der Waals surface area (Å²) in [6.07, 6.45) is 1.79. The average Bonchev–Trinajstić information content (AvgIpc) is 3.13. The van der Waals surface area contributed by atoms with Crippen LogP contribution >= 0.6 is 23.2 Å². The third-order valence-electron chi connectivity index (χ3n) is 4.78. The summed E-state index contributed by atoms with van der Waals surface area (Å²) < 4.78 is 4.07. The van der Waals surface area contributed by atoms with Gasteiger partial charge in [-0.25, -0.2) is 10.4 Å². The Bertz CT molecular complexity index is 1200. The van der Waals surface area contributed by atoms with Crippen molar-refractivity contribution in [2.75, 3.05) is 5.43 Å². The van der Waals surface area contributed by atoms with E-state index in [0.717, 1.165) is 33.7 Å². The standard InChI is InChI=1S/C21H19Cl2N5/c1-13-10-15(14(2)28(13)19-9-8-16(22)11-17(19)23)12-24-26-21-25-18-6-4-5-7-20(18)27(21)3/h4-12H,1-3H3,(H,25,26)/b24-12-. The zero-order valence-electron chi connectivity index (χ0n) is 15.7. The van der Waals surface area contributed by atoms with Gasteiger partial charge in [-0.1, -0.05) is 35.3 Å². The lowest BCUT2D eigenvalue weighted by Gasteiger charge is -2.11.